The summed E-state index contributed by atoms with van der Waals surface area (Å²) in [6, 6.07) is 0.630. The van der Waals surface area contributed by atoms with Crippen LogP contribution < -0.4 is 0 Å². The maximum Gasteiger partial charge on any atom is 0.0813 e. The molecule has 3 unspecified atom stereocenters. The van der Waals surface area contributed by atoms with E-state index in [1.165, 1.54) is 11.4 Å². The van der Waals surface area contributed by atoms with Crippen LogP contribution in [0.5, 0.6) is 0 Å². The van der Waals surface area contributed by atoms with Crippen LogP contribution in [0.15, 0.2) is 0 Å². The van der Waals surface area contributed by atoms with E-state index in [1.807, 2.05) is 0 Å². The second-order valence-corrected chi connectivity index (χ2v) is 4.43. The van der Waals surface area contributed by atoms with Gasteiger partial charge in [0.15, 0.2) is 0 Å². The predicted molar refractivity (Wildman–Crippen MR) is 57.4 cm³/mol. The van der Waals surface area contributed by atoms with Crippen molar-refractivity contribution in [3.8, 4) is 0 Å². The quantitative estimate of drug-likeness (QED) is 0.609. The van der Waals surface area contributed by atoms with Gasteiger partial charge in [-0.1, -0.05) is 33.0 Å². The molecule has 1 fully saturated rings. The van der Waals surface area contributed by atoms with Crippen LogP contribution in [0.25, 0.3) is 0 Å². The lowest BCUT2D eigenvalue weighted by molar-refractivity contribution is 0.324. The maximum atomic E-state index is 5.41. The van der Waals surface area contributed by atoms with E-state index in [9.17, 15) is 0 Å². The van der Waals surface area contributed by atoms with Crippen molar-refractivity contribution in [3.05, 3.63) is 0 Å². The lowest BCUT2D eigenvalue weighted by Gasteiger charge is -2.25. The molecule has 0 aromatic rings. The number of rotatable bonds is 2. The zero-order chi connectivity index (χ0) is 9.30. The minimum Gasteiger partial charge on any atom is -0.363 e. The minimum atomic E-state index is 0.606. The highest BCUT2D eigenvalue weighted by atomic mass is 32.1. The molecule has 0 spiro atoms. The summed E-state index contributed by atoms with van der Waals surface area (Å²) in [5, 5.41) is 0. The summed E-state index contributed by atoms with van der Waals surface area (Å²) in [5.74, 6) is 1.35. The van der Waals surface area contributed by atoms with Gasteiger partial charge in [-0.3, -0.25) is 0 Å². The number of nitrogens with zero attached hydrogens (tertiary/aromatic N) is 1. The Hall–Kier alpha value is -0.110. The molecular formula is C10H19NS. The molecule has 1 nitrogen and oxygen atoms in total. The van der Waals surface area contributed by atoms with Gasteiger partial charge in [-0.15, -0.1) is 0 Å². The number of thiocarbonyl (C=S) groups is 1. The summed E-state index contributed by atoms with van der Waals surface area (Å²) in [6.07, 6.45) is 1.19. The van der Waals surface area contributed by atoms with Crippen LogP contribution in [0.3, 0.4) is 0 Å². The first-order valence-corrected chi connectivity index (χ1v) is 5.29. The lowest BCUT2D eigenvalue weighted by atomic mass is 10.0. The fourth-order valence-corrected chi connectivity index (χ4v) is 2.17. The Morgan fingerprint density at radius 1 is 1.58 bits per heavy atom. The molecule has 0 aromatic carbocycles. The van der Waals surface area contributed by atoms with Crippen LogP contribution in [0.1, 0.15) is 34.1 Å². The Labute approximate surface area is 81.1 Å². The SMILES string of the molecule is CCC(C)N1CC(C)C(C)C1=S. The topological polar surface area (TPSA) is 3.24 Å². The fraction of sp³-hybridized carbons (Fsp3) is 0.900. The molecule has 0 amide bonds. The zero-order valence-corrected chi connectivity index (χ0v) is 9.32. The molecule has 0 N–H and O–H groups in total. The molecule has 3 atom stereocenters. The lowest BCUT2D eigenvalue weighted by Crippen LogP contribution is -2.33. The van der Waals surface area contributed by atoms with Gasteiger partial charge < -0.3 is 4.90 Å². The monoisotopic (exact) mass is 185 g/mol. The van der Waals surface area contributed by atoms with Crippen molar-refractivity contribution in [2.75, 3.05) is 6.54 Å². The molecule has 12 heavy (non-hydrogen) atoms. The van der Waals surface area contributed by atoms with Gasteiger partial charge in [-0.2, -0.15) is 0 Å². The van der Waals surface area contributed by atoms with Gasteiger partial charge in [-0.05, 0) is 19.3 Å². The van der Waals surface area contributed by atoms with E-state index in [2.05, 4.69) is 32.6 Å². The van der Waals surface area contributed by atoms with E-state index in [0.717, 1.165) is 12.5 Å². The van der Waals surface area contributed by atoms with Crippen molar-refractivity contribution in [1.29, 1.82) is 0 Å². The van der Waals surface area contributed by atoms with Gasteiger partial charge in [0.05, 0.1) is 4.99 Å². The Morgan fingerprint density at radius 2 is 2.17 bits per heavy atom. The third kappa shape index (κ3) is 1.63. The third-order valence-corrected chi connectivity index (χ3v) is 3.74. The third-order valence-electron chi connectivity index (χ3n) is 3.13. The molecule has 0 radical (unpaired) electrons. The van der Waals surface area contributed by atoms with E-state index in [-0.39, 0.29) is 0 Å². The van der Waals surface area contributed by atoms with Crippen molar-refractivity contribution >= 4 is 17.2 Å². The minimum absolute atomic E-state index is 0.606. The molecule has 1 saturated heterocycles. The van der Waals surface area contributed by atoms with Crippen molar-refractivity contribution in [2.24, 2.45) is 11.8 Å². The van der Waals surface area contributed by atoms with Gasteiger partial charge >= 0.3 is 0 Å². The van der Waals surface area contributed by atoms with Crippen LogP contribution in [0, 0.1) is 11.8 Å². The summed E-state index contributed by atoms with van der Waals surface area (Å²) < 4.78 is 0. The second kappa shape index (κ2) is 3.73. The molecule has 0 aromatic heterocycles. The summed E-state index contributed by atoms with van der Waals surface area (Å²) in [7, 11) is 0. The van der Waals surface area contributed by atoms with Crippen LogP contribution in [-0.4, -0.2) is 22.5 Å². The first-order chi connectivity index (χ1) is 5.57. The Kier molecular flexibility index (Phi) is 3.10. The number of hydrogen-bond acceptors (Lipinski definition) is 1. The molecule has 2 heteroatoms. The first-order valence-electron chi connectivity index (χ1n) is 4.88. The molecule has 1 heterocycles. The highest BCUT2D eigenvalue weighted by molar-refractivity contribution is 7.80. The predicted octanol–water partition coefficient (Wildman–Crippen LogP) is 2.70. The Balaban J connectivity index is 2.64. The van der Waals surface area contributed by atoms with E-state index >= 15 is 0 Å². The molecule has 0 saturated carbocycles. The molecule has 70 valence electrons. The maximum absolute atomic E-state index is 5.41. The largest absolute Gasteiger partial charge is 0.363 e. The number of hydrogen-bond donors (Lipinski definition) is 0. The zero-order valence-electron chi connectivity index (χ0n) is 8.50. The van der Waals surface area contributed by atoms with Crippen LogP contribution in [0.2, 0.25) is 0 Å². The van der Waals surface area contributed by atoms with Crippen molar-refractivity contribution in [1.82, 2.24) is 4.90 Å². The van der Waals surface area contributed by atoms with Crippen molar-refractivity contribution < 1.29 is 0 Å². The molecule has 0 bridgehead atoms. The van der Waals surface area contributed by atoms with Gasteiger partial charge in [0.25, 0.3) is 0 Å². The summed E-state index contributed by atoms with van der Waals surface area (Å²) in [6.45, 7) is 10.2. The van der Waals surface area contributed by atoms with Crippen molar-refractivity contribution in [2.45, 2.75) is 40.2 Å². The van der Waals surface area contributed by atoms with Crippen LogP contribution in [-0.2, 0) is 0 Å². The standard InChI is InChI=1S/C10H19NS/c1-5-8(3)11-6-7(2)9(4)10(11)12/h7-9H,5-6H2,1-4H3. The molecule has 1 rings (SSSR count). The Morgan fingerprint density at radius 3 is 2.50 bits per heavy atom. The summed E-state index contributed by atoms with van der Waals surface area (Å²) >= 11 is 5.41. The second-order valence-electron chi connectivity index (χ2n) is 4.01. The van der Waals surface area contributed by atoms with E-state index in [1.54, 1.807) is 0 Å². The molecule has 1 aliphatic rings. The van der Waals surface area contributed by atoms with E-state index in [4.69, 9.17) is 12.2 Å². The highest BCUT2D eigenvalue weighted by Crippen LogP contribution is 2.27. The smallest absolute Gasteiger partial charge is 0.0813 e. The van der Waals surface area contributed by atoms with E-state index in [0.29, 0.717) is 12.0 Å². The summed E-state index contributed by atoms with van der Waals surface area (Å²) in [5.41, 5.74) is 0. The first kappa shape index (κ1) is 9.97. The van der Waals surface area contributed by atoms with Gasteiger partial charge in [0.1, 0.15) is 0 Å². The average Bonchev–Trinajstić information content (AvgIpc) is 2.32. The van der Waals surface area contributed by atoms with E-state index < -0.39 is 0 Å². The van der Waals surface area contributed by atoms with Crippen molar-refractivity contribution in [3.63, 3.8) is 0 Å². The van der Waals surface area contributed by atoms with Crippen LogP contribution in [0.4, 0.5) is 0 Å². The van der Waals surface area contributed by atoms with Gasteiger partial charge in [-0.25, -0.2) is 0 Å². The van der Waals surface area contributed by atoms with Crippen LogP contribution >= 0.6 is 12.2 Å². The fourth-order valence-electron chi connectivity index (χ4n) is 1.68. The Bertz CT molecular complexity index is 179. The van der Waals surface area contributed by atoms with Gasteiger partial charge in [0.2, 0.25) is 0 Å². The number of likely N-dealkylation sites (tertiary alicyclic amines) is 1. The highest BCUT2D eigenvalue weighted by Gasteiger charge is 2.32. The average molecular weight is 185 g/mol. The van der Waals surface area contributed by atoms with Gasteiger partial charge in [0, 0.05) is 18.5 Å². The molecule has 0 aliphatic carbocycles. The molecule has 1 aliphatic heterocycles. The summed E-state index contributed by atoms with van der Waals surface area (Å²) in [4.78, 5) is 3.57. The normalized spacial score (nSPS) is 32.7. The molecular weight excluding hydrogens is 166 g/mol.